The van der Waals surface area contributed by atoms with Crippen LogP contribution in [0.15, 0.2) is 0 Å². The van der Waals surface area contributed by atoms with Crippen molar-refractivity contribution in [2.45, 2.75) is 38.1 Å². The predicted octanol–water partition coefficient (Wildman–Crippen LogP) is 1.16. The standard InChI is InChI=1S/C13H27N3/c1-13(5-3-4-7-14-13)6-8-16-11-9-15(2)10-12-16/h14H,3-12H2,1-2H3. The summed E-state index contributed by atoms with van der Waals surface area (Å²) >= 11 is 0. The van der Waals surface area contributed by atoms with Crippen molar-refractivity contribution in [3.8, 4) is 0 Å². The van der Waals surface area contributed by atoms with Gasteiger partial charge in [0, 0.05) is 31.7 Å². The van der Waals surface area contributed by atoms with Crippen LogP contribution in [0, 0.1) is 0 Å². The molecule has 2 rings (SSSR count). The molecule has 0 spiro atoms. The predicted molar refractivity (Wildman–Crippen MR) is 68.8 cm³/mol. The summed E-state index contributed by atoms with van der Waals surface area (Å²) in [6, 6.07) is 0. The van der Waals surface area contributed by atoms with Crippen molar-refractivity contribution < 1.29 is 0 Å². The van der Waals surface area contributed by atoms with Crippen molar-refractivity contribution in [3.05, 3.63) is 0 Å². The van der Waals surface area contributed by atoms with Gasteiger partial charge in [-0.25, -0.2) is 0 Å². The Morgan fingerprint density at radius 1 is 1.12 bits per heavy atom. The molecule has 1 unspecified atom stereocenters. The van der Waals surface area contributed by atoms with Crippen molar-refractivity contribution in [1.82, 2.24) is 15.1 Å². The summed E-state index contributed by atoms with van der Waals surface area (Å²) < 4.78 is 0. The van der Waals surface area contributed by atoms with Crippen LogP contribution in [0.2, 0.25) is 0 Å². The number of hydrogen-bond donors (Lipinski definition) is 1. The number of piperidine rings is 1. The molecule has 0 aromatic heterocycles. The first-order valence-corrected chi connectivity index (χ1v) is 6.84. The highest BCUT2D eigenvalue weighted by Gasteiger charge is 2.26. The zero-order valence-electron chi connectivity index (χ0n) is 11.0. The van der Waals surface area contributed by atoms with Crippen LogP contribution < -0.4 is 5.32 Å². The molecule has 0 aromatic carbocycles. The number of nitrogens with zero attached hydrogens (tertiary/aromatic N) is 2. The Morgan fingerprint density at radius 3 is 2.50 bits per heavy atom. The summed E-state index contributed by atoms with van der Waals surface area (Å²) in [5, 5.41) is 3.71. The van der Waals surface area contributed by atoms with Crippen molar-refractivity contribution in [2.75, 3.05) is 46.3 Å². The Bertz CT molecular complexity index is 203. The second-order valence-electron chi connectivity index (χ2n) is 5.84. The van der Waals surface area contributed by atoms with Gasteiger partial charge < -0.3 is 15.1 Å². The lowest BCUT2D eigenvalue weighted by Crippen LogP contribution is -2.50. The molecular weight excluding hydrogens is 198 g/mol. The van der Waals surface area contributed by atoms with Crippen molar-refractivity contribution >= 4 is 0 Å². The Balaban J connectivity index is 1.70. The van der Waals surface area contributed by atoms with E-state index in [9.17, 15) is 0 Å². The van der Waals surface area contributed by atoms with Crippen LogP contribution in [0.3, 0.4) is 0 Å². The summed E-state index contributed by atoms with van der Waals surface area (Å²) in [6.07, 6.45) is 5.45. The van der Waals surface area contributed by atoms with Gasteiger partial charge in [0.05, 0.1) is 0 Å². The van der Waals surface area contributed by atoms with Crippen LogP contribution >= 0.6 is 0 Å². The minimum absolute atomic E-state index is 0.418. The number of nitrogens with one attached hydrogen (secondary N) is 1. The molecule has 1 atom stereocenters. The lowest BCUT2D eigenvalue weighted by atomic mass is 9.87. The monoisotopic (exact) mass is 225 g/mol. The molecule has 94 valence electrons. The van der Waals surface area contributed by atoms with Crippen molar-refractivity contribution in [2.24, 2.45) is 0 Å². The van der Waals surface area contributed by atoms with Gasteiger partial charge in [0.2, 0.25) is 0 Å². The molecule has 3 heteroatoms. The molecule has 2 aliphatic heterocycles. The fourth-order valence-electron chi connectivity index (χ4n) is 2.81. The second-order valence-corrected chi connectivity index (χ2v) is 5.84. The van der Waals surface area contributed by atoms with E-state index in [0.29, 0.717) is 5.54 Å². The molecule has 0 bridgehead atoms. The summed E-state index contributed by atoms with van der Waals surface area (Å²) in [5.74, 6) is 0. The van der Waals surface area contributed by atoms with Gasteiger partial charge in [-0.3, -0.25) is 0 Å². The Morgan fingerprint density at radius 2 is 1.88 bits per heavy atom. The minimum Gasteiger partial charge on any atom is -0.311 e. The molecule has 0 radical (unpaired) electrons. The Kier molecular flexibility index (Phi) is 4.22. The van der Waals surface area contributed by atoms with Gasteiger partial charge in [0.25, 0.3) is 0 Å². The summed E-state index contributed by atoms with van der Waals surface area (Å²) in [7, 11) is 2.22. The highest BCUT2D eigenvalue weighted by molar-refractivity contribution is 4.87. The summed E-state index contributed by atoms with van der Waals surface area (Å²) in [4.78, 5) is 5.05. The number of likely N-dealkylation sites (N-methyl/N-ethyl adjacent to an activating group) is 1. The van der Waals surface area contributed by atoms with E-state index in [1.54, 1.807) is 0 Å². The van der Waals surface area contributed by atoms with Crippen LogP contribution in [0.25, 0.3) is 0 Å². The van der Waals surface area contributed by atoms with E-state index in [1.165, 1.54) is 65.0 Å². The first kappa shape index (κ1) is 12.3. The summed E-state index contributed by atoms with van der Waals surface area (Å²) in [5.41, 5.74) is 0.418. The second kappa shape index (κ2) is 5.48. The van der Waals surface area contributed by atoms with E-state index >= 15 is 0 Å². The maximum absolute atomic E-state index is 3.71. The maximum atomic E-state index is 3.71. The van der Waals surface area contributed by atoms with Crippen LogP contribution in [0.5, 0.6) is 0 Å². The van der Waals surface area contributed by atoms with Gasteiger partial charge in [-0.2, -0.15) is 0 Å². The molecule has 0 amide bonds. The largest absolute Gasteiger partial charge is 0.311 e. The lowest BCUT2D eigenvalue weighted by Gasteiger charge is -2.38. The maximum Gasteiger partial charge on any atom is 0.0165 e. The van der Waals surface area contributed by atoms with E-state index in [2.05, 4.69) is 29.1 Å². The average molecular weight is 225 g/mol. The number of piperazine rings is 1. The van der Waals surface area contributed by atoms with Gasteiger partial charge >= 0.3 is 0 Å². The molecule has 2 heterocycles. The molecule has 3 nitrogen and oxygen atoms in total. The van der Waals surface area contributed by atoms with Crippen molar-refractivity contribution in [3.63, 3.8) is 0 Å². The van der Waals surface area contributed by atoms with E-state index in [-0.39, 0.29) is 0 Å². The highest BCUT2D eigenvalue weighted by Crippen LogP contribution is 2.22. The topological polar surface area (TPSA) is 18.5 Å². The first-order chi connectivity index (χ1) is 7.68. The van der Waals surface area contributed by atoms with Crippen LogP contribution in [-0.4, -0.2) is 61.7 Å². The zero-order chi connectivity index (χ0) is 11.4. The number of hydrogen-bond acceptors (Lipinski definition) is 3. The SMILES string of the molecule is CN1CCN(CCC2(C)CCCCN2)CC1. The fourth-order valence-corrected chi connectivity index (χ4v) is 2.81. The van der Waals surface area contributed by atoms with Gasteiger partial charge in [-0.05, 0) is 46.3 Å². The Labute approximate surface area is 100 Å². The van der Waals surface area contributed by atoms with Crippen molar-refractivity contribution in [1.29, 1.82) is 0 Å². The normalized spacial score (nSPS) is 34.1. The molecule has 0 saturated carbocycles. The molecular formula is C13H27N3. The third-order valence-corrected chi connectivity index (χ3v) is 4.28. The van der Waals surface area contributed by atoms with Gasteiger partial charge in [0.15, 0.2) is 0 Å². The van der Waals surface area contributed by atoms with E-state index < -0.39 is 0 Å². The van der Waals surface area contributed by atoms with Gasteiger partial charge in [-0.1, -0.05) is 6.42 Å². The third-order valence-electron chi connectivity index (χ3n) is 4.28. The molecule has 0 aliphatic carbocycles. The highest BCUT2D eigenvalue weighted by atomic mass is 15.2. The molecule has 2 aliphatic rings. The van der Waals surface area contributed by atoms with Gasteiger partial charge in [-0.15, -0.1) is 0 Å². The Hall–Kier alpha value is -0.120. The van der Waals surface area contributed by atoms with Crippen LogP contribution in [-0.2, 0) is 0 Å². The molecule has 2 saturated heterocycles. The third kappa shape index (κ3) is 3.44. The van der Waals surface area contributed by atoms with Crippen LogP contribution in [0.4, 0.5) is 0 Å². The quantitative estimate of drug-likeness (QED) is 0.777. The zero-order valence-corrected chi connectivity index (χ0v) is 11.0. The van der Waals surface area contributed by atoms with Crippen LogP contribution in [0.1, 0.15) is 32.6 Å². The average Bonchev–Trinajstić information content (AvgIpc) is 2.29. The van der Waals surface area contributed by atoms with E-state index in [4.69, 9.17) is 0 Å². The molecule has 16 heavy (non-hydrogen) atoms. The summed E-state index contributed by atoms with van der Waals surface area (Å²) in [6.45, 7) is 9.90. The fraction of sp³-hybridized carbons (Fsp3) is 1.00. The minimum atomic E-state index is 0.418. The van der Waals surface area contributed by atoms with E-state index in [0.717, 1.165) is 0 Å². The first-order valence-electron chi connectivity index (χ1n) is 6.84. The van der Waals surface area contributed by atoms with E-state index in [1.807, 2.05) is 0 Å². The molecule has 2 fully saturated rings. The molecule has 0 aromatic rings. The number of rotatable bonds is 3. The smallest absolute Gasteiger partial charge is 0.0165 e. The lowest BCUT2D eigenvalue weighted by molar-refractivity contribution is 0.134. The molecule has 1 N–H and O–H groups in total. The van der Waals surface area contributed by atoms with Gasteiger partial charge in [0.1, 0.15) is 0 Å².